The molecule has 170 valence electrons. The number of likely N-dealkylation sites (N-methyl/N-ethyl adjacent to an activating group) is 1. The van der Waals surface area contributed by atoms with Gasteiger partial charge in [-0.1, -0.05) is 23.5 Å². The minimum atomic E-state index is -0.369. The fourth-order valence-electron chi connectivity index (χ4n) is 4.16. The number of hydrogen-bond donors (Lipinski definition) is 1. The number of piperazine rings is 1. The lowest BCUT2D eigenvalue weighted by Crippen LogP contribution is -2.44. The van der Waals surface area contributed by atoms with Crippen molar-refractivity contribution < 1.29 is 9.59 Å². The number of fused-ring (bicyclic) bond motifs is 2. The van der Waals surface area contributed by atoms with Gasteiger partial charge in [0.2, 0.25) is 0 Å². The Hall–Kier alpha value is -3.34. The molecule has 2 aliphatic heterocycles. The van der Waals surface area contributed by atoms with Crippen LogP contribution in [0.5, 0.6) is 0 Å². The van der Waals surface area contributed by atoms with Crippen LogP contribution in [0.15, 0.2) is 47.6 Å². The Labute approximate surface area is 203 Å². The van der Waals surface area contributed by atoms with Gasteiger partial charge in [0.15, 0.2) is 5.13 Å². The van der Waals surface area contributed by atoms with Crippen LogP contribution in [-0.2, 0) is 4.79 Å². The molecule has 10 heteroatoms. The molecule has 4 heterocycles. The SMILES string of the molecule is CN1CCN(c2nc3ccc(-c4ncnc5ccc(/C=C6\SC(=O)NC6=O)cc45)cc3s2)CC1. The molecular weight excluding hydrogens is 468 g/mol. The van der Waals surface area contributed by atoms with Crippen molar-refractivity contribution in [3.8, 4) is 11.3 Å². The number of hydrogen-bond acceptors (Lipinski definition) is 9. The Bertz CT molecular complexity index is 1490. The number of aromatic nitrogens is 3. The van der Waals surface area contributed by atoms with Gasteiger partial charge in [0.1, 0.15) is 6.33 Å². The zero-order valence-electron chi connectivity index (χ0n) is 18.3. The summed E-state index contributed by atoms with van der Waals surface area (Å²) < 4.78 is 1.12. The van der Waals surface area contributed by atoms with Crippen LogP contribution in [0.4, 0.5) is 9.93 Å². The van der Waals surface area contributed by atoms with Crippen molar-refractivity contribution >= 4 is 66.6 Å². The molecule has 0 aliphatic carbocycles. The van der Waals surface area contributed by atoms with Crippen LogP contribution in [-0.4, -0.2) is 64.2 Å². The first kappa shape index (κ1) is 21.2. The summed E-state index contributed by atoms with van der Waals surface area (Å²) in [6.07, 6.45) is 3.29. The summed E-state index contributed by atoms with van der Waals surface area (Å²) >= 11 is 2.62. The van der Waals surface area contributed by atoms with E-state index in [2.05, 4.69) is 38.2 Å². The first-order chi connectivity index (χ1) is 16.5. The Balaban J connectivity index is 1.38. The molecule has 0 bridgehead atoms. The number of anilines is 1. The summed E-state index contributed by atoms with van der Waals surface area (Å²) in [5, 5.41) is 3.88. The number of nitrogens with zero attached hydrogens (tertiary/aromatic N) is 5. The van der Waals surface area contributed by atoms with Crippen molar-refractivity contribution in [1.29, 1.82) is 0 Å². The topological polar surface area (TPSA) is 91.3 Å². The average molecular weight is 489 g/mol. The number of thioether (sulfide) groups is 1. The van der Waals surface area contributed by atoms with Gasteiger partial charge in [0.05, 0.1) is 26.3 Å². The second-order valence-electron chi connectivity index (χ2n) is 8.32. The van der Waals surface area contributed by atoms with E-state index in [1.807, 2.05) is 30.3 Å². The van der Waals surface area contributed by atoms with Gasteiger partial charge in [-0.25, -0.2) is 15.0 Å². The minimum Gasteiger partial charge on any atom is -0.345 e. The number of amides is 2. The van der Waals surface area contributed by atoms with E-state index in [0.717, 1.165) is 81.0 Å². The summed E-state index contributed by atoms with van der Waals surface area (Å²) in [6.45, 7) is 4.06. The maximum absolute atomic E-state index is 11.9. The van der Waals surface area contributed by atoms with Crippen LogP contribution in [0.3, 0.4) is 0 Å². The largest absolute Gasteiger partial charge is 0.345 e. The third kappa shape index (κ3) is 3.93. The first-order valence-corrected chi connectivity index (χ1v) is 12.5. The van der Waals surface area contributed by atoms with Crippen molar-refractivity contribution in [2.24, 2.45) is 0 Å². The van der Waals surface area contributed by atoms with E-state index >= 15 is 0 Å². The van der Waals surface area contributed by atoms with E-state index in [1.54, 1.807) is 23.7 Å². The molecule has 0 spiro atoms. The van der Waals surface area contributed by atoms with Gasteiger partial charge in [-0.05, 0) is 54.7 Å². The van der Waals surface area contributed by atoms with Gasteiger partial charge in [0, 0.05) is 37.1 Å². The molecule has 1 N–H and O–H groups in total. The molecule has 6 rings (SSSR count). The van der Waals surface area contributed by atoms with Gasteiger partial charge in [-0.15, -0.1) is 0 Å². The zero-order chi connectivity index (χ0) is 23.2. The summed E-state index contributed by atoms with van der Waals surface area (Å²) in [5.74, 6) is -0.369. The summed E-state index contributed by atoms with van der Waals surface area (Å²) in [7, 11) is 2.15. The standard InChI is InChI=1S/C24H20N6O2S2/c1-29-6-8-30(9-7-29)23-27-18-5-3-15(12-19(18)33-23)21-16-10-14(2-4-17(16)25-13-26-21)11-20-22(31)28-24(32)34-20/h2-5,10-13H,6-9H2,1H3,(H,28,31,32)/b20-11-. The third-order valence-electron chi connectivity index (χ3n) is 6.02. The molecule has 2 fully saturated rings. The van der Waals surface area contributed by atoms with E-state index in [0.29, 0.717) is 4.91 Å². The fourth-order valence-corrected chi connectivity index (χ4v) is 5.90. The molecule has 0 saturated carbocycles. The Morgan fingerprint density at radius 1 is 1.00 bits per heavy atom. The molecule has 4 aromatic rings. The number of benzene rings is 2. The van der Waals surface area contributed by atoms with E-state index in [9.17, 15) is 9.59 Å². The van der Waals surface area contributed by atoms with E-state index in [1.165, 1.54) is 0 Å². The van der Waals surface area contributed by atoms with E-state index in [4.69, 9.17) is 4.98 Å². The summed E-state index contributed by atoms with van der Waals surface area (Å²) in [4.78, 5) is 42.4. The van der Waals surface area contributed by atoms with Crippen LogP contribution in [0.2, 0.25) is 0 Å². The molecular formula is C24H20N6O2S2. The Morgan fingerprint density at radius 2 is 1.82 bits per heavy atom. The van der Waals surface area contributed by atoms with E-state index < -0.39 is 0 Å². The van der Waals surface area contributed by atoms with Crippen LogP contribution < -0.4 is 10.2 Å². The summed E-state index contributed by atoms with van der Waals surface area (Å²) in [5.41, 5.74) is 4.42. The fraction of sp³-hybridized carbons (Fsp3) is 0.208. The predicted octanol–water partition coefficient (Wildman–Crippen LogP) is 3.98. The zero-order valence-corrected chi connectivity index (χ0v) is 19.9. The quantitative estimate of drug-likeness (QED) is 0.433. The van der Waals surface area contributed by atoms with Crippen molar-refractivity contribution in [1.82, 2.24) is 25.2 Å². The van der Waals surface area contributed by atoms with Gasteiger partial charge < -0.3 is 9.80 Å². The van der Waals surface area contributed by atoms with Crippen LogP contribution in [0.1, 0.15) is 5.56 Å². The van der Waals surface area contributed by atoms with Crippen LogP contribution in [0, 0.1) is 0 Å². The molecule has 0 unspecified atom stereocenters. The maximum atomic E-state index is 11.9. The molecule has 2 aliphatic rings. The van der Waals surface area contributed by atoms with Crippen molar-refractivity contribution in [2.75, 3.05) is 38.1 Å². The van der Waals surface area contributed by atoms with Crippen molar-refractivity contribution in [2.45, 2.75) is 0 Å². The van der Waals surface area contributed by atoms with Gasteiger partial charge in [-0.3, -0.25) is 14.9 Å². The number of thiazole rings is 1. The van der Waals surface area contributed by atoms with Gasteiger partial charge in [0.25, 0.3) is 11.1 Å². The smallest absolute Gasteiger partial charge is 0.290 e. The molecule has 0 radical (unpaired) electrons. The monoisotopic (exact) mass is 488 g/mol. The predicted molar refractivity (Wildman–Crippen MR) is 137 cm³/mol. The molecule has 34 heavy (non-hydrogen) atoms. The highest BCUT2D eigenvalue weighted by Gasteiger charge is 2.25. The van der Waals surface area contributed by atoms with Gasteiger partial charge in [-0.2, -0.15) is 0 Å². The highest BCUT2D eigenvalue weighted by molar-refractivity contribution is 8.18. The van der Waals surface area contributed by atoms with Gasteiger partial charge >= 0.3 is 0 Å². The number of carbonyl (C=O) groups is 2. The first-order valence-electron chi connectivity index (χ1n) is 10.9. The molecule has 8 nitrogen and oxygen atoms in total. The Kier molecular flexibility index (Phi) is 5.28. The molecule has 0 atom stereocenters. The lowest BCUT2D eigenvalue weighted by molar-refractivity contribution is -0.115. The van der Waals surface area contributed by atoms with Crippen LogP contribution in [0.25, 0.3) is 38.5 Å². The van der Waals surface area contributed by atoms with Crippen molar-refractivity contribution in [3.05, 3.63) is 53.2 Å². The molecule has 2 saturated heterocycles. The number of imide groups is 1. The lowest BCUT2D eigenvalue weighted by atomic mass is 10.0. The molecule has 2 aromatic heterocycles. The maximum Gasteiger partial charge on any atom is 0.290 e. The highest BCUT2D eigenvalue weighted by Crippen LogP contribution is 2.34. The second kappa shape index (κ2) is 8.46. The highest BCUT2D eigenvalue weighted by atomic mass is 32.2. The summed E-state index contributed by atoms with van der Waals surface area (Å²) in [6, 6.07) is 12.0. The number of carbonyl (C=O) groups excluding carboxylic acids is 2. The number of rotatable bonds is 3. The minimum absolute atomic E-state index is 0.352. The number of nitrogens with one attached hydrogen (secondary N) is 1. The van der Waals surface area contributed by atoms with Crippen LogP contribution >= 0.6 is 23.1 Å². The van der Waals surface area contributed by atoms with Crippen molar-refractivity contribution in [3.63, 3.8) is 0 Å². The third-order valence-corrected chi connectivity index (χ3v) is 7.91. The molecule has 2 amide bonds. The van der Waals surface area contributed by atoms with E-state index in [-0.39, 0.29) is 11.1 Å². The Morgan fingerprint density at radius 3 is 2.62 bits per heavy atom. The molecule has 2 aromatic carbocycles. The average Bonchev–Trinajstić information content (AvgIpc) is 3.40. The normalized spacial score (nSPS) is 18.4. The second-order valence-corrected chi connectivity index (χ2v) is 10.3. The lowest BCUT2D eigenvalue weighted by Gasteiger charge is -2.32.